The van der Waals surface area contributed by atoms with E-state index < -0.39 is 0 Å². The number of benzene rings is 1. The molecule has 1 heterocycles. The summed E-state index contributed by atoms with van der Waals surface area (Å²) in [5.74, 6) is 0. The summed E-state index contributed by atoms with van der Waals surface area (Å²) in [4.78, 5) is 2.44. The average molecular weight is 187 g/mol. The van der Waals surface area contributed by atoms with E-state index in [1.165, 1.54) is 24.1 Å². The summed E-state index contributed by atoms with van der Waals surface area (Å²) in [6.45, 7) is 9.26. The largest absolute Gasteiger partial charge is 0.295 e. The van der Waals surface area contributed by atoms with Crippen molar-refractivity contribution in [2.45, 2.75) is 19.9 Å². The Labute approximate surface area is 86.1 Å². The third kappa shape index (κ3) is 1.73. The second-order valence-corrected chi connectivity index (χ2v) is 3.99. The fraction of sp³-hybridized carbons (Fsp3) is 0.385. The van der Waals surface area contributed by atoms with E-state index in [-0.39, 0.29) is 0 Å². The summed E-state index contributed by atoms with van der Waals surface area (Å²) < 4.78 is 0. The molecular weight excluding hydrogens is 170 g/mol. The molecule has 0 saturated heterocycles. The van der Waals surface area contributed by atoms with Crippen molar-refractivity contribution in [2.75, 3.05) is 13.1 Å². The van der Waals surface area contributed by atoms with Crippen LogP contribution >= 0.6 is 0 Å². The number of rotatable bonds is 2. The van der Waals surface area contributed by atoms with Gasteiger partial charge in [-0.25, -0.2) is 0 Å². The molecule has 1 aromatic rings. The Morgan fingerprint density at radius 1 is 1.50 bits per heavy atom. The van der Waals surface area contributed by atoms with E-state index in [1.54, 1.807) is 5.56 Å². The summed E-state index contributed by atoms with van der Waals surface area (Å²) in [5.41, 5.74) is 4.51. The van der Waals surface area contributed by atoms with Gasteiger partial charge in [-0.3, -0.25) is 4.90 Å². The van der Waals surface area contributed by atoms with E-state index in [2.05, 4.69) is 36.6 Å². The first-order valence-corrected chi connectivity index (χ1v) is 5.22. The Bertz CT molecular complexity index is 341. The zero-order chi connectivity index (χ0) is 9.97. The van der Waals surface area contributed by atoms with Crippen LogP contribution < -0.4 is 0 Å². The Morgan fingerprint density at radius 2 is 2.36 bits per heavy atom. The summed E-state index contributed by atoms with van der Waals surface area (Å²) >= 11 is 0. The SMILES string of the molecule is C=CCN1CCc2c(C)cccc2C1. The van der Waals surface area contributed by atoms with Gasteiger partial charge in [0, 0.05) is 19.6 Å². The van der Waals surface area contributed by atoms with Crippen molar-refractivity contribution >= 4 is 0 Å². The molecule has 0 aliphatic carbocycles. The summed E-state index contributed by atoms with van der Waals surface area (Å²) in [5, 5.41) is 0. The zero-order valence-corrected chi connectivity index (χ0v) is 8.79. The highest BCUT2D eigenvalue weighted by atomic mass is 15.1. The van der Waals surface area contributed by atoms with E-state index in [9.17, 15) is 0 Å². The van der Waals surface area contributed by atoms with Crippen molar-refractivity contribution in [3.63, 3.8) is 0 Å². The highest BCUT2D eigenvalue weighted by Gasteiger charge is 2.15. The average Bonchev–Trinajstić information content (AvgIpc) is 2.18. The summed E-state index contributed by atoms with van der Waals surface area (Å²) in [6.07, 6.45) is 3.18. The van der Waals surface area contributed by atoms with Crippen molar-refractivity contribution in [2.24, 2.45) is 0 Å². The smallest absolute Gasteiger partial charge is 0.0240 e. The first-order chi connectivity index (χ1) is 6.81. The van der Waals surface area contributed by atoms with E-state index in [0.717, 1.165) is 13.1 Å². The van der Waals surface area contributed by atoms with E-state index in [4.69, 9.17) is 0 Å². The van der Waals surface area contributed by atoms with Gasteiger partial charge in [-0.05, 0) is 30.0 Å². The zero-order valence-electron chi connectivity index (χ0n) is 8.79. The van der Waals surface area contributed by atoms with E-state index in [0.29, 0.717) is 0 Å². The molecule has 0 aromatic heterocycles. The van der Waals surface area contributed by atoms with Gasteiger partial charge in [0.25, 0.3) is 0 Å². The van der Waals surface area contributed by atoms with Gasteiger partial charge in [-0.2, -0.15) is 0 Å². The predicted octanol–water partition coefficient (Wildman–Crippen LogP) is 2.54. The number of hydrogen-bond acceptors (Lipinski definition) is 1. The lowest BCUT2D eigenvalue weighted by Gasteiger charge is -2.28. The molecule has 0 spiro atoms. The predicted molar refractivity (Wildman–Crippen MR) is 60.4 cm³/mol. The molecule has 74 valence electrons. The van der Waals surface area contributed by atoms with Crippen LogP contribution in [0.3, 0.4) is 0 Å². The molecular formula is C13H17N. The Balaban J connectivity index is 2.22. The summed E-state index contributed by atoms with van der Waals surface area (Å²) in [7, 11) is 0. The van der Waals surface area contributed by atoms with Gasteiger partial charge >= 0.3 is 0 Å². The van der Waals surface area contributed by atoms with Crippen molar-refractivity contribution in [3.8, 4) is 0 Å². The highest BCUT2D eigenvalue weighted by molar-refractivity contribution is 5.36. The van der Waals surface area contributed by atoms with Crippen molar-refractivity contribution in [1.82, 2.24) is 4.90 Å². The molecule has 1 aliphatic heterocycles. The highest BCUT2D eigenvalue weighted by Crippen LogP contribution is 2.21. The first kappa shape index (κ1) is 9.47. The Hall–Kier alpha value is -1.08. The van der Waals surface area contributed by atoms with Crippen molar-refractivity contribution < 1.29 is 0 Å². The van der Waals surface area contributed by atoms with Crippen LogP contribution in [-0.2, 0) is 13.0 Å². The maximum atomic E-state index is 3.79. The number of fused-ring (bicyclic) bond motifs is 1. The molecule has 0 unspecified atom stereocenters. The molecule has 1 nitrogen and oxygen atoms in total. The Morgan fingerprint density at radius 3 is 3.14 bits per heavy atom. The van der Waals surface area contributed by atoms with Crippen LogP contribution in [0, 0.1) is 6.92 Å². The molecule has 1 heteroatoms. The molecule has 0 amide bonds. The standard InChI is InChI=1S/C13H17N/c1-3-8-14-9-7-13-11(2)5-4-6-12(13)10-14/h3-6H,1,7-10H2,2H3. The van der Waals surface area contributed by atoms with Crippen LogP contribution in [-0.4, -0.2) is 18.0 Å². The molecule has 0 radical (unpaired) electrons. The molecule has 0 saturated carbocycles. The molecule has 2 rings (SSSR count). The second-order valence-electron chi connectivity index (χ2n) is 3.99. The number of hydrogen-bond donors (Lipinski definition) is 0. The quantitative estimate of drug-likeness (QED) is 0.643. The lowest BCUT2D eigenvalue weighted by atomic mass is 9.95. The van der Waals surface area contributed by atoms with Gasteiger partial charge in [0.15, 0.2) is 0 Å². The lowest BCUT2D eigenvalue weighted by molar-refractivity contribution is 0.281. The van der Waals surface area contributed by atoms with Crippen LogP contribution in [0.5, 0.6) is 0 Å². The van der Waals surface area contributed by atoms with Gasteiger partial charge in [0.2, 0.25) is 0 Å². The molecule has 1 aliphatic rings. The molecule has 1 aromatic carbocycles. The fourth-order valence-corrected chi connectivity index (χ4v) is 2.20. The third-order valence-electron chi connectivity index (χ3n) is 2.97. The van der Waals surface area contributed by atoms with Crippen LogP contribution in [0.15, 0.2) is 30.9 Å². The van der Waals surface area contributed by atoms with Crippen LogP contribution in [0.4, 0.5) is 0 Å². The fourth-order valence-electron chi connectivity index (χ4n) is 2.20. The first-order valence-electron chi connectivity index (χ1n) is 5.22. The summed E-state index contributed by atoms with van der Waals surface area (Å²) in [6, 6.07) is 6.62. The van der Waals surface area contributed by atoms with Crippen molar-refractivity contribution in [1.29, 1.82) is 0 Å². The molecule has 0 N–H and O–H groups in total. The molecule has 14 heavy (non-hydrogen) atoms. The maximum Gasteiger partial charge on any atom is 0.0240 e. The molecule has 0 fully saturated rings. The van der Waals surface area contributed by atoms with Gasteiger partial charge in [0.05, 0.1) is 0 Å². The van der Waals surface area contributed by atoms with Crippen molar-refractivity contribution in [3.05, 3.63) is 47.5 Å². The maximum absolute atomic E-state index is 3.79. The van der Waals surface area contributed by atoms with Gasteiger partial charge in [0.1, 0.15) is 0 Å². The molecule has 0 bridgehead atoms. The Kier molecular flexibility index (Phi) is 2.69. The van der Waals surface area contributed by atoms with E-state index >= 15 is 0 Å². The third-order valence-corrected chi connectivity index (χ3v) is 2.97. The van der Waals surface area contributed by atoms with Crippen LogP contribution in [0.25, 0.3) is 0 Å². The van der Waals surface area contributed by atoms with Gasteiger partial charge in [-0.1, -0.05) is 24.3 Å². The normalized spacial score (nSPS) is 16.4. The minimum absolute atomic E-state index is 1.01. The number of nitrogens with zero attached hydrogens (tertiary/aromatic N) is 1. The number of aryl methyl sites for hydroxylation is 1. The monoisotopic (exact) mass is 187 g/mol. The lowest BCUT2D eigenvalue weighted by Crippen LogP contribution is -2.30. The van der Waals surface area contributed by atoms with E-state index in [1.807, 2.05) is 6.08 Å². The molecule has 0 atom stereocenters. The second kappa shape index (κ2) is 3.97. The minimum Gasteiger partial charge on any atom is -0.295 e. The topological polar surface area (TPSA) is 3.24 Å². The van der Waals surface area contributed by atoms with Gasteiger partial charge < -0.3 is 0 Å². The van der Waals surface area contributed by atoms with Crippen LogP contribution in [0.1, 0.15) is 16.7 Å². The minimum atomic E-state index is 1.01. The van der Waals surface area contributed by atoms with Crippen LogP contribution in [0.2, 0.25) is 0 Å². The van der Waals surface area contributed by atoms with Gasteiger partial charge in [-0.15, -0.1) is 6.58 Å².